The number of sulfonamides is 1. The number of aryl methyl sites for hydroxylation is 2. The zero-order valence-corrected chi connectivity index (χ0v) is 11.7. The van der Waals surface area contributed by atoms with Crippen molar-refractivity contribution < 1.29 is 12.8 Å². The maximum Gasteiger partial charge on any atom is 0.232 e. The second-order valence-corrected chi connectivity index (χ2v) is 6.94. The van der Waals surface area contributed by atoms with Crippen molar-refractivity contribution in [3.05, 3.63) is 29.5 Å². The van der Waals surface area contributed by atoms with Crippen molar-refractivity contribution in [2.75, 3.05) is 10.5 Å². The summed E-state index contributed by atoms with van der Waals surface area (Å²) in [6, 6.07) is 5.49. The number of hydrogen-bond acceptors (Lipinski definition) is 3. The van der Waals surface area contributed by atoms with E-state index in [0.717, 1.165) is 29.6 Å². The lowest BCUT2D eigenvalue weighted by Gasteiger charge is -2.09. The maximum absolute atomic E-state index is 11.6. The van der Waals surface area contributed by atoms with Gasteiger partial charge in [-0.1, -0.05) is 0 Å². The third-order valence-corrected chi connectivity index (χ3v) is 4.92. The van der Waals surface area contributed by atoms with Crippen molar-refractivity contribution in [2.24, 2.45) is 0 Å². The van der Waals surface area contributed by atoms with Crippen LogP contribution in [0.15, 0.2) is 22.6 Å². The maximum atomic E-state index is 11.6. The van der Waals surface area contributed by atoms with E-state index < -0.39 is 10.0 Å². The Hall–Kier alpha value is -1.49. The number of furan rings is 1. The monoisotopic (exact) mass is 279 g/mol. The molecular weight excluding hydrogens is 262 g/mol. The minimum Gasteiger partial charge on any atom is -0.461 e. The molecule has 0 fully saturated rings. The molecule has 1 aliphatic rings. The molecule has 1 aliphatic carbocycles. The summed E-state index contributed by atoms with van der Waals surface area (Å²) < 4.78 is 31.6. The highest BCUT2D eigenvalue weighted by Crippen LogP contribution is 2.33. The molecule has 0 radical (unpaired) electrons. The summed E-state index contributed by atoms with van der Waals surface area (Å²) in [5.74, 6) is 1.14. The molecular formula is C14H17NO3S. The number of fused-ring (bicyclic) bond motifs is 3. The van der Waals surface area contributed by atoms with Crippen molar-refractivity contribution in [1.82, 2.24) is 0 Å². The Balaban J connectivity index is 2.05. The number of nitrogens with one attached hydrogen (secondary N) is 1. The average molecular weight is 279 g/mol. The first kappa shape index (κ1) is 12.5. The summed E-state index contributed by atoms with van der Waals surface area (Å²) in [4.78, 5) is 0. The lowest BCUT2D eigenvalue weighted by molar-refractivity contribution is 0.506. The molecule has 1 N–H and O–H groups in total. The van der Waals surface area contributed by atoms with Crippen LogP contribution in [0.2, 0.25) is 0 Å². The van der Waals surface area contributed by atoms with Crippen LogP contribution in [0, 0.1) is 0 Å². The van der Waals surface area contributed by atoms with Gasteiger partial charge in [0.15, 0.2) is 0 Å². The molecule has 0 aliphatic heterocycles. The second-order valence-electron chi connectivity index (χ2n) is 4.93. The molecule has 1 aromatic heterocycles. The lowest BCUT2D eigenvalue weighted by Crippen LogP contribution is -2.14. The van der Waals surface area contributed by atoms with Crippen LogP contribution in [-0.2, 0) is 22.9 Å². The van der Waals surface area contributed by atoms with Gasteiger partial charge >= 0.3 is 0 Å². The Morgan fingerprint density at radius 1 is 1.26 bits per heavy atom. The molecule has 0 unspecified atom stereocenters. The van der Waals surface area contributed by atoms with E-state index in [0.29, 0.717) is 5.69 Å². The number of benzene rings is 1. The molecule has 0 amide bonds. The fourth-order valence-electron chi connectivity index (χ4n) is 2.58. The van der Waals surface area contributed by atoms with Gasteiger partial charge in [-0.25, -0.2) is 8.42 Å². The van der Waals surface area contributed by atoms with E-state index in [1.165, 1.54) is 18.4 Å². The first-order valence-corrected chi connectivity index (χ1v) is 8.29. The lowest BCUT2D eigenvalue weighted by atomic mass is 9.96. The number of rotatable bonds is 3. The molecule has 19 heavy (non-hydrogen) atoms. The van der Waals surface area contributed by atoms with E-state index in [4.69, 9.17) is 4.42 Å². The van der Waals surface area contributed by atoms with Gasteiger partial charge in [-0.2, -0.15) is 0 Å². The number of anilines is 1. The van der Waals surface area contributed by atoms with Crippen LogP contribution in [0.4, 0.5) is 5.69 Å². The summed E-state index contributed by atoms with van der Waals surface area (Å²) in [6.07, 6.45) is 4.35. The van der Waals surface area contributed by atoms with E-state index in [-0.39, 0.29) is 5.75 Å². The summed E-state index contributed by atoms with van der Waals surface area (Å²) in [6.45, 7) is 1.63. The van der Waals surface area contributed by atoms with Gasteiger partial charge in [-0.15, -0.1) is 0 Å². The van der Waals surface area contributed by atoms with Crippen LogP contribution >= 0.6 is 0 Å². The summed E-state index contributed by atoms with van der Waals surface area (Å²) >= 11 is 0. The van der Waals surface area contributed by atoms with Crippen LogP contribution in [0.3, 0.4) is 0 Å². The minimum absolute atomic E-state index is 0.0779. The van der Waals surface area contributed by atoms with Gasteiger partial charge in [0.2, 0.25) is 10.0 Å². The van der Waals surface area contributed by atoms with Gasteiger partial charge in [0, 0.05) is 23.1 Å². The van der Waals surface area contributed by atoms with Crippen LogP contribution in [-0.4, -0.2) is 14.2 Å². The zero-order valence-electron chi connectivity index (χ0n) is 10.9. The Bertz CT molecular complexity index is 716. The predicted molar refractivity (Wildman–Crippen MR) is 75.9 cm³/mol. The highest BCUT2D eigenvalue weighted by molar-refractivity contribution is 7.92. The normalized spacial score (nSPS) is 15.4. The van der Waals surface area contributed by atoms with Crippen LogP contribution in [0.5, 0.6) is 0 Å². The van der Waals surface area contributed by atoms with E-state index in [1.807, 2.05) is 12.1 Å². The first-order valence-electron chi connectivity index (χ1n) is 6.64. The van der Waals surface area contributed by atoms with Crippen molar-refractivity contribution >= 4 is 26.7 Å². The molecule has 0 saturated heterocycles. The van der Waals surface area contributed by atoms with Crippen LogP contribution in [0.1, 0.15) is 31.1 Å². The van der Waals surface area contributed by atoms with Gasteiger partial charge in [0.1, 0.15) is 11.3 Å². The van der Waals surface area contributed by atoms with E-state index >= 15 is 0 Å². The van der Waals surface area contributed by atoms with Crippen molar-refractivity contribution in [3.63, 3.8) is 0 Å². The SMILES string of the molecule is CCS(=O)(=O)Nc1ccc2oc3c(c2c1)CCCC3. The first-order chi connectivity index (χ1) is 9.09. The molecule has 5 heteroatoms. The summed E-state index contributed by atoms with van der Waals surface area (Å²) in [5, 5.41) is 1.05. The molecule has 4 nitrogen and oxygen atoms in total. The van der Waals surface area contributed by atoms with Crippen molar-refractivity contribution in [1.29, 1.82) is 0 Å². The third-order valence-electron chi connectivity index (χ3n) is 3.61. The zero-order chi connectivity index (χ0) is 13.5. The van der Waals surface area contributed by atoms with Gasteiger partial charge in [-0.05, 0) is 44.4 Å². The van der Waals surface area contributed by atoms with Gasteiger partial charge in [-0.3, -0.25) is 4.72 Å². The van der Waals surface area contributed by atoms with E-state index in [9.17, 15) is 8.42 Å². The topological polar surface area (TPSA) is 59.3 Å². The second kappa shape index (κ2) is 4.56. The summed E-state index contributed by atoms with van der Waals surface area (Å²) in [5.41, 5.74) is 2.72. The van der Waals surface area contributed by atoms with Crippen molar-refractivity contribution in [2.45, 2.75) is 32.6 Å². The molecule has 3 rings (SSSR count). The van der Waals surface area contributed by atoms with Gasteiger partial charge < -0.3 is 4.42 Å². The molecule has 0 spiro atoms. The van der Waals surface area contributed by atoms with Gasteiger partial charge in [0.05, 0.1) is 5.75 Å². The Labute approximate surface area is 112 Å². The fourth-order valence-corrected chi connectivity index (χ4v) is 3.21. The quantitative estimate of drug-likeness (QED) is 0.939. The molecule has 0 bridgehead atoms. The largest absolute Gasteiger partial charge is 0.461 e. The number of hydrogen-bond donors (Lipinski definition) is 1. The molecule has 0 saturated carbocycles. The van der Waals surface area contributed by atoms with Crippen molar-refractivity contribution in [3.8, 4) is 0 Å². The molecule has 1 aromatic carbocycles. The third kappa shape index (κ3) is 2.34. The Morgan fingerprint density at radius 2 is 2.05 bits per heavy atom. The summed E-state index contributed by atoms with van der Waals surface area (Å²) in [7, 11) is -3.23. The van der Waals surface area contributed by atoms with Crippen LogP contribution < -0.4 is 4.72 Å². The average Bonchev–Trinajstić information content (AvgIpc) is 2.76. The predicted octanol–water partition coefficient (Wildman–Crippen LogP) is 3.07. The van der Waals surface area contributed by atoms with E-state index in [1.54, 1.807) is 13.0 Å². The highest BCUT2D eigenvalue weighted by Gasteiger charge is 2.18. The fraction of sp³-hybridized carbons (Fsp3) is 0.429. The molecule has 0 atom stereocenters. The minimum atomic E-state index is -3.23. The Morgan fingerprint density at radius 3 is 2.84 bits per heavy atom. The van der Waals surface area contributed by atoms with Crippen LogP contribution in [0.25, 0.3) is 11.0 Å². The Kier molecular flexibility index (Phi) is 3.01. The molecule has 2 aromatic rings. The van der Waals surface area contributed by atoms with E-state index in [2.05, 4.69) is 4.72 Å². The molecule has 102 valence electrons. The van der Waals surface area contributed by atoms with Gasteiger partial charge in [0.25, 0.3) is 0 Å². The molecule has 1 heterocycles. The highest BCUT2D eigenvalue weighted by atomic mass is 32.2. The standard InChI is InChI=1S/C14H17NO3S/c1-2-19(16,17)15-10-7-8-14-12(9-10)11-5-3-4-6-13(11)18-14/h7-9,15H,2-6H2,1H3. The smallest absolute Gasteiger partial charge is 0.232 e.